The lowest BCUT2D eigenvalue weighted by atomic mass is 10.00. The second-order valence-electron chi connectivity index (χ2n) is 5.94. The van der Waals surface area contributed by atoms with E-state index in [-0.39, 0.29) is 0 Å². The number of H-pyrrole nitrogens is 1. The van der Waals surface area contributed by atoms with E-state index in [2.05, 4.69) is 59.3 Å². The Morgan fingerprint density at radius 3 is 2.90 bits per heavy atom. The molecular formula is C17H23N3. The minimum atomic E-state index is 0.660. The number of aromatic amines is 1. The van der Waals surface area contributed by atoms with Crippen LogP contribution in [0.4, 0.5) is 0 Å². The van der Waals surface area contributed by atoms with Gasteiger partial charge in [-0.15, -0.1) is 0 Å². The monoisotopic (exact) mass is 269 g/mol. The minimum Gasteiger partial charge on any atom is -0.294 e. The fourth-order valence-corrected chi connectivity index (χ4v) is 3.19. The Kier molecular flexibility index (Phi) is 3.88. The molecule has 1 aliphatic heterocycles. The highest BCUT2D eigenvalue weighted by molar-refractivity contribution is 5.26. The molecule has 0 saturated carbocycles. The molecule has 1 atom stereocenters. The Morgan fingerprint density at radius 2 is 2.15 bits per heavy atom. The standard InChI is InChI=1S/C17H23N3/c1-13-6-3-4-7-15(13)11-17-8-5-9-20(17)12-16-10-14(2)18-19-16/h3-4,6-7,10,17H,5,8-9,11-12H2,1-2H3,(H,18,19). The molecule has 1 fully saturated rings. The molecule has 20 heavy (non-hydrogen) atoms. The third-order valence-corrected chi connectivity index (χ3v) is 4.34. The summed E-state index contributed by atoms with van der Waals surface area (Å²) in [6.07, 6.45) is 3.77. The van der Waals surface area contributed by atoms with Crippen molar-refractivity contribution in [2.45, 2.75) is 45.7 Å². The number of hydrogen-bond donors (Lipinski definition) is 1. The minimum absolute atomic E-state index is 0.660. The van der Waals surface area contributed by atoms with E-state index >= 15 is 0 Å². The number of nitrogens with zero attached hydrogens (tertiary/aromatic N) is 2. The predicted molar refractivity (Wildman–Crippen MR) is 81.6 cm³/mol. The van der Waals surface area contributed by atoms with Gasteiger partial charge in [0.25, 0.3) is 0 Å². The summed E-state index contributed by atoms with van der Waals surface area (Å²) >= 11 is 0. The topological polar surface area (TPSA) is 31.9 Å². The van der Waals surface area contributed by atoms with Crippen LogP contribution in [0.5, 0.6) is 0 Å². The van der Waals surface area contributed by atoms with Crippen molar-refractivity contribution < 1.29 is 0 Å². The number of aryl methyl sites for hydroxylation is 2. The van der Waals surface area contributed by atoms with E-state index in [1.807, 2.05) is 0 Å². The molecule has 3 heteroatoms. The van der Waals surface area contributed by atoms with E-state index < -0.39 is 0 Å². The maximum Gasteiger partial charge on any atom is 0.0765 e. The number of rotatable bonds is 4. The lowest BCUT2D eigenvalue weighted by Gasteiger charge is -2.24. The molecule has 106 valence electrons. The van der Waals surface area contributed by atoms with Crippen molar-refractivity contribution in [1.29, 1.82) is 0 Å². The SMILES string of the molecule is Cc1cc(CN2CCCC2Cc2ccccc2C)n[nH]1. The van der Waals surface area contributed by atoms with Gasteiger partial charge in [-0.2, -0.15) is 5.10 Å². The number of benzene rings is 1. The van der Waals surface area contributed by atoms with Crippen LogP contribution in [-0.4, -0.2) is 27.7 Å². The molecule has 1 unspecified atom stereocenters. The smallest absolute Gasteiger partial charge is 0.0765 e. The van der Waals surface area contributed by atoms with Crippen LogP contribution >= 0.6 is 0 Å². The first kappa shape index (κ1) is 13.4. The molecule has 3 rings (SSSR count). The molecule has 1 saturated heterocycles. The molecule has 0 bridgehead atoms. The summed E-state index contributed by atoms with van der Waals surface area (Å²) in [6.45, 7) is 6.44. The van der Waals surface area contributed by atoms with Gasteiger partial charge in [0, 0.05) is 18.3 Å². The lowest BCUT2D eigenvalue weighted by molar-refractivity contribution is 0.241. The summed E-state index contributed by atoms with van der Waals surface area (Å²) in [5, 5.41) is 7.41. The fraction of sp³-hybridized carbons (Fsp3) is 0.471. The molecule has 2 aromatic rings. The van der Waals surface area contributed by atoms with Crippen LogP contribution in [0.2, 0.25) is 0 Å². The van der Waals surface area contributed by atoms with Gasteiger partial charge < -0.3 is 0 Å². The quantitative estimate of drug-likeness (QED) is 0.924. The molecule has 0 radical (unpaired) electrons. The highest BCUT2D eigenvalue weighted by Gasteiger charge is 2.25. The van der Waals surface area contributed by atoms with Gasteiger partial charge in [-0.25, -0.2) is 0 Å². The first-order valence-corrected chi connectivity index (χ1v) is 7.52. The fourth-order valence-electron chi connectivity index (χ4n) is 3.19. The van der Waals surface area contributed by atoms with Gasteiger partial charge in [-0.3, -0.25) is 10.00 Å². The normalized spacial score (nSPS) is 19.6. The first-order chi connectivity index (χ1) is 9.72. The van der Waals surface area contributed by atoms with Crippen molar-refractivity contribution in [2.75, 3.05) is 6.54 Å². The third-order valence-electron chi connectivity index (χ3n) is 4.34. The Hall–Kier alpha value is -1.61. The summed E-state index contributed by atoms with van der Waals surface area (Å²) < 4.78 is 0. The van der Waals surface area contributed by atoms with Crippen molar-refractivity contribution in [1.82, 2.24) is 15.1 Å². The molecular weight excluding hydrogens is 246 g/mol. The Morgan fingerprint density at radius 1 is 1.30 bits per heavy atom. The second-order valence-corrected chi connectivity index (χ2v) is 5.94. The maximum atomic E-state index is 4.37. The molecule has 0 aliphatic carbocycles. The Labute approximate surface area is 121 Å². The number of aromatic nitrogens is 2. The van der Waals surface area contributed by atoms with Crippen molar-refractivity contribution >= 4 is 0 Å². The maximum absolute atomic E-state index is 4.37. The van der Waals surface area contributed by atoms with Crippen molar-refractivity contribution in [3.63, 3.8) is 0 Å². The molecule has 2 heterocycles. The van der Waals surface area contributed by atoms with E-state index in [4.69, 9.17) is 0 Å². The number of nitrogens with one attached hydrogen (secondary N) is 1. The summed E-state index contributed by atoms with van der Waals surface area (Å²) in [5.74, 6) is 0. The Balaban J connectivity index is 1.68. The number of likely N-dealkylation sites (tertiary alicyclic amines) is 1. The van der Waals surface area contributed by atoms with Crippen LogP contribution in [0.3, 0.4) is 0 Å². The van der Waals surface area contributed by atoms with Gasteiger partial charge in [0.2, 0.25) is 0 Å². The van der Waals surface area contributed by atoms with Gasteiger partial charge >= 0.3 is 0 Å². The zero-order valence-electron chi connectivity index (χ0n) is 12.4. The Bertz CT molecular complexity index is 573. The average molecular weight is 269 g/mol. The van der Waals surface area contributed by atoms with Crippen LogP contribution in [0.25, 0.3) is 0 Å². The molecule has 1 aromatic carbocycles. The average Bonchev–Trinajstić information content (AvgIpc) is 3.03. The molecule has 1 aromatic heterocycles. The van der Waals surface area contributed by atoms with Gasteiger partial charge in [-0.1, -0.05) is 24.3 Å². The lowest BCUT2D eigenvalue weighted by Crippen LogP contribution is -2.31. The van der Waals surface area contributed by atoms with Crippen LogP contribution in [0.1, 0.15) is 35.4 Å². The van der Waals surface area contributed by atoms with E-state index in [0.717, 1.165) is 18.7 Å². The predicted octanol–water partition coefficient (Wildman–Crippen LogP) is 3.23. The van der Waals surface area contributed by atoms with Crippen molar-refractivity contribution in [3.8, 4) is 0 Å². The van der Waals surface area contributed by atoms with E-state index in [0.29, 0.717) is 6.04 Å². The summed E-state index contributed by atoms with van der Waals surface area (Å²) in [4.78, 5) is 2.59. The summed E-state index contributed by atoms with van der Waals surface area (Å²) in [7, 11) is 0. The van der Waals surface area contributed by atoms with E-state index in [9.17, 15) is 0 Å². The zero-order chi connectivity index (χ0) is 13.9. The van der Waals surface area contributed by atoms with Gasteiger partial charge in [-0.05, 0) is 56.8 Å². The van der Waals surface area contributed by atoms with Crippen LogP contribution in [0, 0.1) is 13.8 Å². The van der Waals surface area contributed by atoms with Crippen molar-refractivity contribution in [2.24, 2.45) is 0 Å². The highest BCUT2D eigenvalue weighted by Crippen LogP contribution is 2.24. The van der Waals surface area contributed by atoms with Gasteiger partial charge in [0.1, 0.15) is 0 Å². The summed E-state index contributed by atoms with van der Waals surface area (Å²) in [5.41, 5.74) is 5.21. The summed E-state index contributed by atoms with van der Waals surface area (Å²) in [6, 6.07) is 11.6. The second kappa shape index (κ2) is 5.80. The van der Waals surface area contributed by atoms with E-state index in [1.165, 1.54) is 36.2 Å². The molecule has 1 N–H and O–H groups in total. The largest absolute Gasteiger partial charge is 0.294 e. The van der Waals surface area contributed by atoms with Gasteiger partial charge in [0.15, 0.2) is 0 Å². The molecule has 0 amide bonds. The number of hydrogen-bond acceptors (Lipinski definition) is 2. The van der Waals surface area contributed by atoms with E-state index in [1.54, 1.807) is 0 Å². The zero-order valence-corrected chi connectivity index (χ0v) is 12.4. The molecule has 1 aliphatic rings. The molecule has 0 spiro atoms. The van der Waals surface area contributed by atoms with Crippen LogP contribution in [0.15, 0.2) is 30.3 Å². The van der Waals surface area contributed by atoms with Gasteiger partial charge in [0.05, 0.1) is 5.69 Å². The highest BCUT2D eigenvalue weighted by atomic mass is 15.2. The first-order valence-electron chi connectivity index (χ1n) is 7.52. The molecule has 3 nitrogen and oxygen atoms in total. The van der Waals surface area contributed by atoms with Crippen molar-refractivity contribution in [3.05, 3.63) is 52.8 Å². The van der Waals surface area contributed by atoms with Crippen LogP contribution < -0.4 is 0 Å². The third kappa shape index (κ3) is 2.93. The van der Waals surface area contributed by atoms with Crippen LogP contribution in [-0.2, 0) is 13.0 Å².